The topological polar surface area (TPSA) is 102 Å². The van der Waals surface area contributed by atoms with Crippen LogP contribution in [0.1, 0.15) is 5.56 Å². The summed E-state index contributed by atoms with van der Waals surface area (Å²) in [5.41, 5.74) is 5.87. The van der Waals surface area contributed by atoms with Gasteiger partial charge in [-0.2, -0.15) is 0 Å². The van der Waals surface area contributed by atoms with E-state index in [4.69, 9.17) is 10.5 Å². The molecule has 6 nitrogen and oxygen atoms in total. The van der Waals surface area contributed by atoms with Crippen molar-refractivity contribution in [3.63, 3.8) is 0 Å². The second-order valence-electron chi connectivity index (χ2n) is 3.78. The number of rotatable bonds is 8. The Morgan fingerprint density at radius 2 is 2.11 bits per heavy atom. The zero-order chi connectivity index (χ0) is 13.4. The van der Waals surface area contributed by atoms with Crippen LogP contribution >= 0.6 is 0 Å². The molecular weight excluding hydrogens is 236 g/mol. The van der Waals surface area contributed by atoms with E-state index in [9.17, 15) is 14.7 Å². The van der Waals surface area contributed by atoms with Crippen molar-refractivity contribution in [3.05, 3.63) is 29.8 Å². The standard InChI is InChI=1S/C12H16N2O4/c13-12(17)5-9-1-3-11(4-2-9)18-7-10(16)6-14-8-15/h1-4,8,10,16H,5-7H2,(H2,13,17)(H,14,15). The molecule has 1 aromatic rings. The van der Waals surface area contributed by atoms with Crippen LogP contribution in [0.5, 0.6) is 5.75 Å². The van der Waals surface area contributed by atoms with Gasteiger partial charge in [0.2, 0.25) is 12.3 Å². The maximum atomic E-state index is 10.7. The molecule has 0 aliphatic carbocycles. The average molecular weight is 252 g/mol. The summed E-state index contributed by atoms with van der Waals surface area (Å²) in [6, 6.07) is 6.85. The minimum Gasteiger partial charge on any atom is -0.491 e. The van der Waals surface area contributed by atoms with Crippen molar-refractivity contribution < 1.29 is 19.4 Å². The molecule has 1 aromatic carbocycles. The van der Waals surface area contributed by atoms with Gasteiger partial charge in [-0.3, -0.25) is 9.59 Å². The first kappa shape index (κ1) is 14.0. The molecule has 1 rings (SSSR count). The molecule has 4 N–H and O–H groups in total. The third kappa shape index (κ3) is 5.31. The normalized spacial score (nSPS) is 11.6. The smallest absolute Gasteiger partial charge is 0.221 e. The number of hydrogen-bond donors (Lipinski definition) is 3. The van der Waals surface area contributed by atoms with Gasteiger partial charge in [-0.25, -0.2) is 0 Å². The van der Waals surface area contributed by atoms with Gasteiger partial charge in [-0.15, -0.1) is 0 Å². The summed E-state index contributed by atoms with van der Waals surface area (Å²) in [6.07, 6.45) is -0.0610. The molecule has 0 bridgehead atoms. The number of amides is 2. The first-order chi connectivity index (χ1) is 8.61. The predicted molar refractivity (Wildman–Crippen MR) is 64.9 cm³/mol. The Morgan fingerprint density at radius 1 is 1.44 bits per heavy atom. The lowest BCUT2D eigenvalue weighted by molar-refractivity contribution is -0.117. The van der Waals surface area contributed by atoms with Crippen molar-refractivity contribution >= 4 is 12.3 Å². The van der Waals surface area contributed by atoms with Gasteiger partial charge in [-0.1, -0.05) is 12.1 Å². The Hall–Kier alpha value is -2.08. The number of hydrogen-bond acceptors (Lipinski definition) is 4. The van der Waals surface area contributed by atoms with Gasteiger partial charge in [0.25, 0.3) is 0 Å². The van der Waals surface area contributed by atoms with Gasteiger partial charge in [0.05, 0.1) is 6.42 Å². The van der Waals surface area contributed by atoms with E-state index in [0.717, 1.165) is 5.56 Å². The minimum atomic E-state index is -0.763. The van der Waals surface area contributed by atoms with Crippen LogP contribution in [0.15, 0.2) is 24.3 Å². The third-order valence-electron chi connectivity index (χ3n) is 2.18. The number of nitrogens with one attached hydrogen (secondary N) is 1. The zero-order valence-electron chi connectivity index (χ0n) is 9.83. The molecule has 0 radical (unpaired) electrons. The highest BCUT2D eigenvalue weighted by molar-refractivity contribution is 5.76. The number of ether oxygens (including phenoxy) is 1. The fourth-order valence-electron chi connectivity index (χ4n) is 1.34. The van der Waals surface area contributed by atoms with Crippen LogP contribution in [0.3, 0.4) is 0 Å². The number of nitrogens with two attached hydrogens (primary N) is 1. The molecule has 0 heterocycles. The van der Waals surface area contributed by atoms with Crippen molar-refractivity contribution in [3.8, 4) is 5.75 Å². The average Bonchev–Trinajstić information content (AvgIpc) is 2.35. The van der Waals surface area contributed by atoms with E-state index < -0.39 is 6.10 Å². The van der Waals surface area contributed by atoms with Gasteiger partial charge in [-0.05, 0) is 17.7 Å². The molecule has 6 heteroatoms. The molecule has 1 atom stereocenters. The van der Waals surface area contributed by atoms with E-state index in [-0.39, 0.29) is 25.5 Å². The Labute approximate surface area is 105 Å². The quantitative estimate of drug-likeness (QED) is 0.527. The summed E-state index contributed by atoms with van der Waals surface area (Å²) in [5, 5.41) is 11.8. The lowest BCUT2D eigenvalue weighted by Crippen LogP contribution is -2.30. The molecule has 1 unspecified atom stereocenters. The lowest BCUT2D eigenvalue weighted by Gasteiger charge is -2.11. The molecule has 0 saturated carbocycles. The predicted octanol–water partition coefficient (Wildman–Crippen LogP) is -0.800. The Balaban J connectivity index is 2.38. The number of benzene rings is 1. The van der Waals surface area contributed by atoms with Crippen molar-refractivity contribution in [1.82, 2.24) is 5.32 Å². The van der Waals surface area contributed by atoms with Crippen LogP contribution in [0.25, 0.3) is 0 Å². The SMILES string of the molecule is NC(=O)Cc1ccc(OCC(O)CNC=O)cc1. The van der Waals surface area contributed by atoms with Crippen LogP contribution in [-0.4, -0.2) is 36.7 Å². The molecule has 0 fully saturated rings. The van der Waals surface area contributed by atoms with Gasteiger partial charge in [0.15, 0.2) is 0 Å². The zero-order valence-corrected chi connectivity index (χ0v) is 9.83. The molecule has 0 saturated heterocycles. The second kappa shape index (κ2) is 7.29. The summed E-state index contributed by atoms with van der Waals surface area (Å²) >= 11 is 0. The molecule has 18 heavy (non-hydrogen) atoms. The van der Waals surface area contributed by atoms with E-state index in [2.05, 4.69) is 5.32 Å². The van der Waals surface area contributed by atoms with Crippen LogP contribution < -0.4 is 15.8 Å². The van der Waals surface area contributed by atoms with Crippen LogP contribution in [0.4, 0.5) is 0 Å². The Bertz CT molecular complexity index is 392. The molecule has 2 amide bonds. The van der Waals surface area contributed by atoms with E-state index in [1.807, 2.05) is 0 Å². The van der Waals surface area contributed by atoms with E-state index in [1.54, 1.807) is 24.3 Å². The largest absolute Gasteiger partial charge is 0.491 e. The van der Waals surface area contributed by atoms with Crippen LogP contribution in [0, 0.1) is 0 Å². The second-order valence-corrected chi connectivity index (χ2v) is 3.78. The molecule has 0 aliphatic heterocycles. The van der Waals surface area contributed by atoms with Crippen molar-refractivity contribution in [1.29, 1.82) is 0 Å². The summed E-state index contributed by atoms with van der Waals surface area (Å²) in [6.45, 7) is 0.221. The Kier molecular flexibility index (Phi) is 5.66. The highest BCUT2D eigenvalue weighted by Gasteiger charge is 2.04. The molecule has 98 valence electrons. The van der Waals surface area contributed by atoms with Gasteiger partial charge in [0.1, 0.15) is 18.5 Å². The van der Waals surface area contributed by atoms with Crippen molar-refractivity contribution in [2.45, 2.75) is 12.5 Å². The maximum absolute atomic E-state index is 10.7. The number of carbonyl (C=O) groups is 2. The van der Waals surface area contributed by atoms with E-state index in [1.165, 1.54) is 0 Å². The van der Waals surface area contributed by atoms with Crippen molar-refractivity contribution in [2.24, 2.45) is 5.73 Å². The highest BCUT2D eigenvalue weighted by atomic mass is 16.5. The summed E-state index contributed by atoms with van der Waals surface area (Å²) in [7, 11) is 0. The van der Waals surface area contributed by atoms with E-state index >= 15 is 0 Å². The van der Waals surface area contributed by atoms with Gasteiger partial charge >= 0.3 is 0 Å². The van der Waals surface area contributed by atoms with Crippen LogP contribution in [0.2, 0.25) is 0 Å². The number of primary amides is 1. The monoisotopic (exact) mass is 252 g/mol. The maximum Gasteiger partial charge on any atom is 0.221 e. The summed E-state index contributed by atoms with van der Waals surface area (Å²) in [4.78, 5) is 20.7. The summed E-state index contributed by atoms with van der Waals surface area (Å²) < 4.78 is 5.30. The molecule has 0 aromatic heterocycles. The first-order valence-corrected chi connectivity index (χ1v) is 5.47. The number of aliphatic hydroxyl groups is 1. The molecule has 0 spiro atoms. The highest BCUT2D eigenvalue weighted by Crippen LogP contribution is 2.12. The van der Waals surface area contributed by atoms with E-state index in [0.29, 0.717) is 12.2 Å². The number of carbonyl (C=O) groups excluding carboxylic acids is 2. The Morgan fingerprint density at radius 3 is 2.67 bits per heavy atom. The fraction of sp³-hybridized carbons (Fsp3) is 0.333. The first-order valence-electron chi connectivity index (χ1n) is 5.47. The molecule has 0 aliphatic rings. The minimum absolute atomic E-state index is 0.0794. The van der Waals surface area contributed by atoms with Gasteiger partial charge in [0, 0.05) is 6.54 Å². The third-order valence-corrected chi connectivity index (χ3v) is 2.18. The van der Waals surface area contributed by atoms with Crippen molar-refractivity contribution in [2.75, 3.05) is 13.2 Å². The lowest BCUT2D eigenvalue weighted by atomic mass is 10.1. The molecular formula is C12H16N2O4. The summed E-state index contributed by atoms with van der Waals surface area (Å²) in [5.74, 6) is 0.187. The van der Waals surface area contributed by atoms with Gasteiger partial charge < -0.3 is 20.9 Å². The van der Waals surface area contributed by atoms with Crippen LogP contribution in [-0.2, 0) is 16.0 Å². The fourth-order valence-corrected chi connectivity index (χ4v) is 1.34. The number of aliphatic hydroxyl groups excluding tert-OH is 1.